The van der Waals surface area contributed by atoms with Gasteiger partial charge >= 0.3 is 5.97 Å². The highest BCUT2D eigenvalue weighted by molar-refractivity contribution is 9.10. The summed E-state index contributed by atoms with van der Waals surface area (Å²) in [6.07, 6.45) is 1.57. The van der Waals surface area contributed by atoms with E-state index in [-0.39, 0.29) is 12.0 Å². The summed E-state index contributed by atoms with van der Waals surface area (Å²) in [6.45, 7) is 1.35. The first-order valence-corrected chi connectivity index (χ1v) is 9.77. The number of nitrogens with zero attached hydrogens (tertiary/aromatic N) is 1. The van der Waals surface area contributed by atoms with Crippen molar-refractivity contribution in [1.82, 2.24) is 4.90 Å². The number of carboxylic acid groups (broad SMARTS) is 1. The number of para-hydroxylation sites is 1. The van der Waals surface area contributed by atoms with Crippen LogP contribution in [0.25, 0.3) is 0 Å². The second kappa shape index (κ2) is 8.76. The molecule has 1 N–H and O–H groups in total. The van der Waals surface area contributed by atoms with Crippen molar-refractivity contribution in [1.29, 1.82) is 0 Å². The molecule has 5 nitrogen and oxygen atoms in total. The van der Waals surface area contributed by atoms with E-state index in [0.29, 0.717) is 24.5 Å². The van der Waals surface area contributed by atoms with Crippen molar-refractivity contribution in [3.05, 3.63) is 58.1 Å². The fourth-order valence-corrected chi connectivity index (χ4v) is 4.07. The first-order chi connectivity index (χ1) is 13.0. The summed E-state index contributed by atoms with van der Waals surface area (Å²) in [5, 5.41) is 9.52. The normalized spacial score (nSPS) is 18.7. The number of ether oxygens (including phenoxy) is 2. The predicted molar refractivity (Wildman–Crippen MR) is 107 cm³/mol. The molecule has 1 aliphatic rings. The molecule has 3 rings (SSSR count). The van der Waals surface area contributed by atoms with Gasteiger partial charge in [-0.2, -0.15) is 0 Å². The Hall–Kier alpha value is -2.05. The summed E-state index contributed by atoms with van der Waals surface area (Å²) in [4.78, 5) is 13.8. The molecule has 1 fully saturated rings. The molecule has 0 radical (unpaired) electrons. The number of hydrogen-bond donors (Lipinski definition) is 1. The van der Waals surface area contributed by atoms with Crippen molar-refractivity contribution in [2.45, 2.75) is 18.9 Å². The number of methoxy groups -OCH3 is 2. The zero-order chi connectivity index (χ0) is 19.4. The molecule has 2 unspecified atom stereocenters. The minimum absolute atomic E-state index is 0.106. The smallest absolute Gasteiger partial charge is 0.307 e. The van der Waals surface area contributed by atoms with Crippen molar-refractivity contribution in [2.24, 2.45) is 5.92 Å². The number of likely N-dealkylation sites (tertiary alicyclic amines) is 1. The Balaban J connectivity index is 2.08. The topological polar surface area (TPSA) is 59.0 Å². The van der Waals surface area contributed by atoms with Gasteiger partial charge in [0.05, 0.1) is 26.2 Å². The van der Waals surface area contributed by atoms with Crippen LogP contribution in [-0.4, -0.2) is 43.3 Å². The van der Waals surface area contributed by atoms with E-state index in [0.717, 1.165) is 28.6 Å². The molecule has 0 aliphatic carbocycles. The predicted octanol–water partition coefficient (Wildman–Crippen LogP) is 4.35. The van der Waals surface area contributed by atoms with Crippen molar-refractivity contribution in [3.8, 4) is 11.5 Å². The van der Waals surface area contributed by atoms with E-state index in [1.165, 1.54) is 0 Å². The molecule has 144 valence electrons. The second-order valence-corrected chi connectivity index (χ2v) is 7.62. The molecule has 1 aliphatic heterocycles. The Morgan fingerprint density at radius 1 is 1.19 bits per heavy atom. The molecule has 0 saturated carbocycles. The second-order valence-electron chi connectivity index (χ2n) is 6.71. The van der Waals surface area contributed by atoms with Crippen LogP contribution >= 0.6 is 15.9 Å². The van der Waals surface area contributed by atoms with Crippen LogP contribution in [0.1, 0.15) is 30.0 Å². The maximum atomic E-state index is 11.6. The van der Waals surface area contributed by atoms with Gasteiger partial charge in [-0.25, -0.2) is 0 Å². The van der Waals surface area contributed by atoms with Crippen LogP contribution < -0.4 is 9.47 Å². The molecule has 0 bridgehead atoms. The van der Waals surface area contributed by atoms with Gasteiger partial charge in [-0.15, -0.1) is 0 Å². The van der Waals surface area contributed by atoms with Gasteiger partial charge in [0.15, 0.2) is 11.5 Å². The summed E-state index contributed by atoms with van der Waals surface area (Å²) in [7, 11) is 3.26. The lowest BCUT2D eigenvalue weighted by Gasteiger charge is -2.38. The number of carbonyl (C=O) groups is 1. The van der Waals surface area contributed by atoms with Gasteiger partial charge in [0, 0.05) is 16.6 Å². The Labute approximate surface area is 168 Å². The van der Waals surface area contributed by atoms with E-state index in [4.69, 9.17) is 9.47 Å². The van der Waals surface area contributed by atoms with Gasteiger partial charge in [0.2, 0.25) is 0 Å². The third-order valence-corrected chi connectivity index (χ3v) is 5.61. The summed E-state index contributed by atoms with van der Waals surface area (Å²) >= 11 is 3.49. The Morgan fingerprint density at radius 3 is 2.56 bits per heavy atom. The molecule has 1 saturated heterocycles. The van der Waals surface area contributed by atoms with Crippen molar-refractivity contribution in [2.75, 3.05) is 27.3 Å². The Bertz CT molecular complexity index is 793. The highest BCUT2D eigenvalue weighted by atomic mass is 79.9. The van der Waals surface area contributed by atoms with Gasteiger partial charge in [0.1, 0.15) is 0 Å². The molecule has 0 spiro atoms. The molecule has 1 heterocycles. The van der Waals surface area contributed by atoms with Gasteiger partial charge in [-0.05, 0) is 43.1 Å². The first kappa shape index (κ1) is 19.7. The molecule has 0 aromatic heterocycles. The maximum absolute atomic E-state index is 11.6. The fourth-order valence-electron chi connectivity index (χ4n) is 3.80. The van der Waals surface area contributed by atoms with Crippen LogP contribution in [0.2, 0.25) is 0 Å². The van der Waals surface area contributed by atoms with Crippen molar-refractivity contribution in [3.63, 3.8) is 0 Å². The zero-order valence-corrected chi connectivity index (χ0v) is 17.1. The Morgan fingerprint density at radius 2 is 1.93 bits per heavy atom. The Kier molecular flexibility index (Phi) is 6.39. The number of hydrogen-bond acceptors (Lipinski definition) is 4. The van der Waals surface area contributed by atoms with Gasteiger partial charge in [-0.3, -0.25) is 9.69 Å². The molecular weight excluding hydrogens is 410 g/mol. The lowest BCUT2D eigenvalue weighted by molar-refractivity contribution is -0.143. The van der Waals surface area contributed by atoms with Crippen molar-refractivity contribution < 1.29 is 19.4 Å². The number of halogens is 1. The quantitative estimate of drug-likeness (QED) is 0.733. The van der Waals surface area contributed by atoms with Crippen LogP contribution in [0.5, 0.6) is 11.5 Å². The van der Waals surface area contributed by atoms with E-state index in [1.807, 2.05) is 30.3 Å². The maximum Gasteiger partial charge on any atom is 0.307 e. The SMILES string of the molecule is COc1cccc(C(c2ccc(Br)cc2)N2CCCC(C(=O)O)C2)c1OC. The summed E-state index contributed by atoms with van der Waals surface area (Å²) < 4.78 is 12.2. The summed E-state index contributed by atoms with van der Waals surface area (Å²) in [6, 6.07) is 13.9. The first-order valence-electron chi connectivity index (χ1n) is 8.98. The van der Waals surface area contributed by atoms with Gasteiger partial charge in [-0.1, -0.05) is 40.2 Å². The number of carboxylic acids is 1. The van der Waals surface area contributed by atoms with E-state index >= 15 is 0 Å². The lowest BCUT2D eigenvalue weighted by atomic mass is 9.91. The lowest BCUT2D eigenvalue weighted by Crippen LogP contribution is -2.41. The minimum Gasteiger partial charge on any atom is -0.493 e. The van der Waals surface area contributed by atoms with Crippen LogP contribution in [0.4, 0.5) is 0 Å². The molecule has 2 atom stereocenters. The van der Waals surface area contributed by atoms with E-state index < -0.39 is 5.97 Å². The number of rotatable bonds is 6. The molecule has 0 amide bonds. The van der Waals surface area contributed by atoms with Gasteiger partial charge < -0.3 is 14.6 Å². The number of aliphatic carboxylic acids is 1. The average Bonchev–Trinajstić information content (AvgIpc) is 2.69. The highest BCUT2D eigenvalue weighted by Crippen LogP contribution is 2.41. The summed E-state index contributed by atoms with van der Waals surface area (Å²) in [5.41, 5.74) is 2.07. The molecule has 2 aromatic rings. The monoisotopic (exact) mass is 433 g/mol. The summed E-state index contributed by atoms with van der Waals surface area (Å²) in [5.74, 6) is 0.273. The average molecular weight is 434 g/mol. The molecular formula is C21H24BrNO4. The number of piperidine rings is 1. The van der Waals surface area contributed by atoms with E-state index in [9.17, 15) is 9.90 Å². The van der Waals surface area contributed by atoms with E-state index in [1.54, 1.807) is 14.2 Å². The fraction of sp³-hybridized carbons (Fsp3) is 0.381. The number of benzene rings is 2. The zero-order valence-electron chi connectivity index (χ0n) is 15.5. The van der Waals surface area contributed by atoms with E-state index in [2.05, 4.69) is 33.0 Å². The van der Waals surface area contributed by atoms with Crippen LogP contribution in [0.3, 0.4) is 0 Å². The van der Waals surface area contributed by atoms with Gasteiger partial charge in [0.25, 0.3) is 0 Å². The third-order valence-electron chi connectivity index (χ3n) is 5.08. The molecule has 2 aromatic carbocycles. The minimum atomic E-state index is -0.730. The third kappa shape index (κ3) is 4.28. The van der Waals surface area contributed by atoms with Crippen LogP contribution in [0.15, 0.2) is 46.9 Å². The highest BCUT2D eigenvalue weighted by Gasteiger charge is 2.33. The van der Waals surface area contributed by atoms with Crippen LogP contribution in [0, 0.1) is 5.92 Å². The molecule has 27 heavy (non-hydrogen) atoms. The standard InChI is InChI=1S/C21H24BrNO4/c1-26-18-7-3-6-17(20(18)27-2)19(14-8-10-16(22)11-9-14)23-12-4-5-15(13-23)21(24)25/h3,6-11,15,19H,4-5,12-13H2,1-2H3,(H,24,25). The molecule has 6 heteroatoms. The van der Waals surface area contributed by atoms with Crippen molar-refractivity contribution >= 4 is 21.9 Å². The van der Waals surface area contributed by atoms with Crippen LogP contribution in [-0.2, 0) is 4.79 Å². The largest absolute Gasteiger partial charge is 0.493 e.